The first-order valence-electron chi connectivity index (χ1n) is 6.02. The van der Waals surface area contributed by atoms with Crippen LogP contribution in [0.2, 0.25) is 0 Å². The Morgan fingerprint density at radius 3 is 2.78 bits per heavy atom. The highest BCUT2D eigenvalue weighted by molar-refractivity contribution is 7.71. The Morgan fingerprint density at radius 1 is 1.39 bits per heavy atom. The van der Waals surface area contributed by atoms with Gasteiger partial charge in [-0.2, -0.15) is 0 Å². The van der Waals surface area contributed by atoms with Crippen LogP contribution in [0.15, 0.2) is 12.1 Å². The van der Waals surface area contributed by atoms with Crippen LogP contribution < -0.4 is 0 Å². The number of hydrogen-bond acceptors (Lipinski definition) is 2. The fourth-order valence-electron chi connectivity index (χ4n) is 2.05. The van der Waals surface area contributed by atoms with Crippen molar-refractivity contribution < 1.29 is 4.39 Å². The molecule has 0 bridgehead atoms. The molecule has 0 amide bonds. The normalized spacial score (nSPS) is 11.6. The van der Waals surface area contributed by atoms with Crippen LogP contribution in [0, 0.1) is 17.5 Å². The molecule has 2 aromatic rings. The number of nitrogens with one attached hydrogen (secondary N) is 1. The zero-order valence-corrected chi connectivity index (χ0v) is 11.8. The van der Waals surface area contributed by atoms with Gasteiger partial charge in [0.2, 0.25) is 0 Å². The van der Waals surface area contributed by atoms with Crippen LogP contribution in [0.25, 0.3) is 11.0 Å². The van der Waals surface area contributed by atoms with Crippen molar-refractivity contribution in [2.75, 3.05) is 20.6 Å². The maximum absolute atomic E-state index is 13.5. The van der Waals surface area contributed by atoms with E-state index < -0.39 is 0 Å². The number of H-pyrrole nitrogens is 1. The van der Waals surface area contributed by atoms with Gasteiger partial charge in [0.05, 0.1) is 11.0 Å². The first-order chi connectivity index (χ1) is 8.49. The highest BCUT2D eigenvalue weighted by Gasteiger charge is 2.07. The lowest BCUT2D eigenvalue weighted by molar-refractivity contribution is 0.387. The van der Waals surface area contributed by atoms with Gasteiger partial charge in [0, 0.05) is 6.54 Å². The topological polar surface area (TPSA) is 24.0 Å². The van der Waals surface area contributed by atoms with Crippen LogP contribution in [0.1, 0.15) is 12.0 Å². The van der Waals surface area contributed by atoms with Crippen molar-refractivity contribution in [2.24, 2.45) is 0 Å². The highest BCUT2D eigenvalue weighted by atomic mass is 32.1. The summed E-state index contributed by atoms with van der Waals surface area (Å²) in [5, 5.41) is 0. The zero-order chi connectivity index (χ0) is 13.3. The lowest BCUT2D eigenvalue weighted by Crippen LogP contribution is -2.15. The van der Waals surface area contributed by atoms with Crippen LogP contribution in [0.5, 0.6) is 0 Å². The number of imidazole rings is 1. The number of hydrogen-bond donors (Lipinski definition) is 1. The molecule has 1 aromatic carbocycles. The smallest absolute Gasteiger partial charge is 0.178 e. The van der Waals surface area contributed by atoms with Crippen LogP contribution in [-0.2, 0) is 6.54 Å². The maximum Gasteiger partial charge on any atom is 0.178 e. The molecule has 0 unspecified atom stereocenters. The molecule has 0 radical (unpaired) electrons. The molecule has 0 fully saturated rings. The van der Waals surface area contributed by atoms with Crippen molar-refractivity contribution in [3.05, 3.63) is 28.3 Å². The number of benzene rings is 1. The van der Waals surface area contributed by atoms with Crippen molar-refractivity contribution in [1.29, 1.82) is 0 Å². The summed E-state index contributed by atoms with van der Waals surface area (Å²) in [6, 6.07) is 3.37. The van der Waals surface area contributed by atoms with E-state index >= 15 is 0 Å². The van der Waals surface area contributed by atoms with Crippen LogP contribution in [-0.4, -0.2) is 35.1 Å². The van der Waals surface area contributed by atoms with E-state index in [1.807, 2.05) is 24.7 Å². The molecule has 0 aliphatic carbocycles. The molecule has 1 N–H and O–H groups in total. The maximum atomic E-state index is 13.5. The van der Waals surface area contributed by atoms with E-state index in [4.69, 9.17) is 12.2 Å². The van der Waals surface area contributed by atoms with E-state index in [9.17, 15) is 4.39 Å². The van der Waals surface area contributed by atoms with Crippen LogP contribution >= 0.6 is 12.2 Å². The summed E-state index contributed by atoms with van der Waals surface area (Å²) in [6.45, 7) is 3.63. The molecule has 98 valence electrons. The summed E-state index contributed by atoms with van der Waals surface area (Å²) in [5.41, 5.74) is 2.41. The lowest BCUT2D eigenvalue weighted by Gasteiger charge is -2.10. The quantitative estimate of drug-likeness (QED) is 0.861. The summed E-state index contributed by atoms with van der Waals surface area (Å²) in [7, 11) is 4.10. The molecular formula is C13H18FN3S. The molecule has 0 saturated heterocycles. The van der Waals surface area contributed by atoms with Gasteiger partial charge in [-0.15, -0.1) is 0 Å². The van der Waals surface area contributed by atoms with Crippen molar-refractivity contribution in [1.82, 2.24) is 14.5 Å². The average molecular weight is 267 g/mol. The number of rotatable bonds is 4. The summed E-state index contributed by atoms with van der Waals surface area (Å²) in [4.78, 5) is 5.20. The Labute approximate surface area is 111 Å². The molecular weight excluding hydrogens is 249 g/mol. The van der Waals surface area contributed by atoms with Gasteiger partial charge >= 0.3 is 0 Å². The minimum Gasteiger partial charge on any atom is -0.330 e. The Morgan fingerprint density at radius 2 is 2.11 bits per heavy atom. The standard InChI is InChI=1S/C13H18FN3S/c1-9-7-12-11(8-10(9)14)15-13(18)17(12)6-4-5-16(2)3/h7-8H,4-6H2,1-3H3,(H,15,18). The van der Waals surface area contributed by atoms with Gasteiger partial charge in [0.25, 0.3) is 0 Å². The number of aromatic amines is 1. The van der Waals surface area contributed by atoms with Crippen molar-refractivity contribution in [3.63, 3.8) is 0 Å². The summed E-state index contributed by atoms with van der Waals surface area (Å²) < 4.78 is 16.2. The van der Waals surface area contributed by atoms with Gasteiger partial charge in [0.15, 0.2) is 4.77 Å². The molecule has 0 atom stereocenters. The third-order valence-corrected chi connectivity index (χ3v) is 3.36. The molecule has 0 saturated carbocycles. The average Bonchev–Trinajstić information content (AvgIpc) is 2.56. The van der Waals surface area contributed by atoms with Crippen molar-refractivity contribution in [2.45, 2.75) is 19.9 Å². The fraction of sp³-hybridized carbons (Fsp3) is 0.462. The zero-order valence-electron chi connectivity index (χ0n) is 11.0. The number of aromatic nitrogens is 2. The van der Waals surface area contributed by atoms with E-state index in [0.717, 1.165) is 30.5 Å². The molecule has 5 heteroatoms. The summed E-state index contributed by atoms with van der Waals surface area (Å²) in [6.07, 6.45) is 1.02. The summed E-state index contributed by atoms with van der Waals surface area (Å²) in [5.74, 6) is -0.195. The van der Waals surface area contributed by atoms with E-state index in [-0.39, 0.29) is 5.82 Å². The van der Waals surface area contributed by atoms with Gasteiger partial charge < -0.3 is 14.5 Å². The third-order valence-electron chi connectivity index (χ3n) is 3.04. The minimum absolute atomic E-state index is 0.195. The minimum atomic E-state index is -0.195. The van der Waals surface area contributed by atoms with Gasteiger partial charge in [-0.25, -0.2) is 4.39 Å². The molecule has 0 spiro atoms. The third kappa shape index (κ3) is 2.62. The Bertz CT molecular complexity index is 612. The van der Waals surface area contributed by atoms with Gasteiger partial charge in [-0.05, 0) is 63.9 Å². The molecule has 0 aliphatic rings. The van der Waals surface area contributed by atoms with E-state index in [2.05, 4.69) is 9.88 Å². The highest BCUT2D eigenvalue weighted by Crippen LogP contribution is 2.19. The molecule has 0 aliphatic heterocycles. The SMILES string of the molecule is Cc1cc2c(cc1F)[nH]c(=S)n2CCCN(C)C. The second-order valence-corrected chi connectivity index (χ2v) is 5.24. The summed E-state index contributed by atoms with van der Waals surface area (Å²) >= 11 is 5.29. The van der Waals surface area contributed by atoms with Crippen molar-refractivity contribution in [3.8, 4) is 0 Å². The first-order valence-corrected chi connectivity index (χ1v) is 6.43. The van der Waals surface area contributed by atoms with Crippen LogP contribution in [0.3, 0.4) is 0 Å². The second-order valence-electron chi connectivity index (χ2n) is 4.86. The van der Waals surface area contributed by atoms with Gasteiger partial charge in [-0.3, -0.25) is 0 Å². The van der Waals surface area contributed by atoms with E-state index in [1.54, 1.807) is 6.92 Å². The predicted molar refractivity (Wildman–Crippen MR) is 75.0 cm³/mol. The second kappa shape index (κ2) is 5.20. The molecule has 3 nitrogen and oxygen atoms in total. The Balaban J connectivity index is 2.35. The largest absolute Gasteiger partial charge is 0.330 e. The number of halogens is 1. The van der Waals surface area contributed by atoms with E-state index in [0.29, 0.717) is 10.3 Å². The first kappa shape index (κ1) is 13.2. The van der Waals surface area contributed by atoms with Crippen molar-refractivity contribution >= 4 is 23.3 Å². The van der Waals surface area contributed by atoms with Gasteiger partial charge in [-0.1, -0.05) is 0 Å². The van der Waals surface area contributed by atoms with E-state index in [1.165, 1.54) is 6.07 Å². The molecule has 18 heavy (non-hydrogen) atoms. The fourth-order valence-corrected chi connectivity index (χ4v) is 2.35. The molecule has 2 rings (SSSR count). The van der Waals surface area contributed by atoms with Crippen LogP contribution in [0.4, 0.5) is 4.39 Å². The Hall–Kier alpha value is -1.20. The molecule has 1 aromatic heterocycles. The Kier molecular flexibility index (Phi) is 3.82. The predicted octanol–water partition coefficient (Wildman–Crippen LogP) is 3.10. The molecule has 1 heterocycles. The number of nitrogens with zero attached hydrogens (tertiary/aromatic N) is 2. The van der Waals surface area contributed by atoms with Gasteiger partial charge in [0.1, 0.15) is 5.82 Å². The lowest BCUT2D eigenvalue weighted by atomic mass is 10.2. The monoisotopic (exact) mass is 267 g/mol. The number of aryl methyl sites for hydroxylation is 2. The number of fused-ring (bicyclic) bond motifs is 1.